The van der Waals surface area contributed by atoms with Gasteiger partial charge in [-0.2, -0.15) is 0 Å². The molecule has 1 aromatic carbocycles. The Hall–Kier alpha value is -1.60. The summed E-state index contributed by atoms with van der Waals surface area (Å²) >= 11 is 0. The molecule has 1 fully saturated rings. The Morgan fingerprint density at radius 1 is 1.39 bits per heavy atom. The van der Waals surface area contributed by atoms with Crippen molar-refractivity contribution in [3.63, 3.8) is 0 Å². The fraction of sp³-hybridized carbons (Fsp3) is 0.562. The predicted octanol–water partition coefficient (Wildman–Crippen LogP) is 0.473. The predicted molar refractivity (Wildman–Crippen MR) is 89.4 cm³/mol. The number of carbonyl (C=O) groups is 1. The van der Waals surface area contributed by atoms with E-state index < -0.39 is 9.84 Å². The highest BCUT2D eigenvalue weighted by molar-refractivity contribution is 7.91. The first-order valence-electron chi connectivity index (χ1n) is 7.71. The first kappa shape index (κ1) is 17.7. The molecule has 1 saturated heterocycles. The first-order chi connectivity index (χ1) is 10.9. The molecule has 1 aromatic rings. The average molecular weight is 340 g/mol. The molecule has 0 bridgehead atoms. The van der Waals surface area contributed by atoms with Crippen LogP contribution in [-0.4, -0.2) is 64.0 Å². The van der Waals surface area contributed by atoms with Crippen LogP contribution in [-0.2, 0) is 21.1 Å². The number of benzene rings is 1. The van der Waals surface area contributed by atoms with Gasteiger partial charge in [-0.15, -0.1) is 0 Å². The molecule has 0 radical (unpaired) electrons. The highest BCUT2D eigenvalue weighted by Crippen LogP contribution is 2.17. The number of likely N-dealkylation sites (N-methyl/N-ethyl adjacent to an activating group) is 1. The van der Waals surface area contributed by atoms with Crippen molar-refractivity contribution in [1.82, 2.24) is 10.2 Å². The number of rotatable bonds is 7. The summed E-state index contributed by atoms with van der Waals surface area (Å²) in [4.78, 5) is 13.7. The number of nitrogens with zero attached hydrogens (tertiary/aromatic N) is 1. The summed E-state index contributed by atoms with van der Waals surface area (Å²) in [6, 6.07) is 7.59. The Morgan fingerprint density at radius 3 is 2.78 bits per heavy atom. The minimum atomic E-state index is -2.97. The minimum Gasteiger partial charge on any atom is -0.496 e. The van der Waals surface area contributed by atoms with Gasteiger partial charge < -0.3 is 15.0 Å². The molecule has 1 amide bonds. The molecule has 0 aromatic heterocycles. The lowest BCUT2D eigenvalue weighted by Gasteiger charge is -2.23. The van der Waals surface area contributed by atoms with Crippen molar-refractivity contribution < 1.29 is 17.9 Å². The summed E-state index contributed by atoms with van der Waals surface area (Å²) < 4.78 is 28.2. The monoisotopic (exact) mass is 340 g/mol. The first-order valence-corrected chi connectivity index (χ1v) is 9.54. The topological polar surface area (TPSA) is 75.7 Å². The summed E-state index contributed by atoms with van der Waals surface area (Å²) in [5, 5.41) is 3.11. The molecule has 23 heavy (non-hydrogen) atoms. The molecule has 1 unspecified atom stereocenters. The number of carbonyl (C=O) groups excluding carboxylic acids is 1. The van der Waals surface area contributed by atoms with Gasteiger partial charge in [-0.3, -0.25) is 4.79 Å². The van der Waals surface area contributed by atoms with Crippen molar-refractivity contribution in [2.75, 3.05) is 38.8 Å². The van der Waals surface area contributed by atoms with Gasteiger partial charge in [-0.25, -0.2) is 8.42 Å². The van der Waals surface area contributed by atoms with Crippen LogP contribution in [0.3, 0.4) is 0 Å². The fourth-order valence-electron chi connectivity index (χ4n) is 2.74. The number of nitrogens with one attached hydrogen (secondary N) is 1. The number of para-hydroxylation sites is 1. The maximum absolute atomic E-state index is 12.1. The van der Waals surface area contributed by atoms with E-state index in [4.69, 9.17) is 4.74 Å². The van der Waals surface area contributed by atoms with Crippen LogP contribution in [0.4, 0.5) is 0 Å². The second kappa shape index (κ2) is 7.79. The fourth-order valence-corrected chi connectivity index (χ4v) is 4.51. The molecule has 0 aliphatic carbocycles. The molecule has 1 atom stereocenters. The van der Waals surface area contributed by atoms with Gasteiger partial charge in [0.1, 0.15) is 5.75 Å². The molecule has 128 valence electrons. The summed E-state index contributed by atoms with van der Waals surface area (Å²) in [5.41, 5.74) is 1.09. The van der Waals surface area contributed by atoms with Crippen molar-refractivity contribution in [1.29, 1.82) is 0 Å². The third-order valence-electron chi connectivity index (χ3n) is 4.19. The van der Waals surface area contributed by atoms with Crippen molar-refractivity contribution in [3.05, 3.63) is 29.8 Å². The van der Waals surface area contributed by atoms with Gasteiger partial charge in [0.05, 0.1) is 25.2 Å². The summed E-state index contributed by atoms with van der Waals surface area (Å²) in [5.74, 6) is 1.02. The van der Waals surface area contributed by atoms with E-state index in [1.54, 1.807) is 19.1 Å². The number of ether oxygens (including phenoxy) is 1. The van der Waals surface area contributed by atoms with Crippen LogP contribution < -0.4 is 10.1 Å². The largest absolute Gasteiger partial charge is 0.496 e. The Morgan fingerprint density at radius 2 is 2.13 bits per heavy atom. The van der Waals surface area contributed by atoms with E-state index in [-0.39, 0.29) is 30.0 Å². The quantitative estimate of drug-likeness (QED) is 0.731. The van der Waals surface area contributed by atoms with Gasteiger partial charge >= 0.3 is 0 Å². The van der Waals surface area contributed by atoms with E-state index in [1.807, 2.05) is 24.3 Å². The smallest absolute Gasteiger partial charge is 0.236 e. The van der Waals surface area contributed by atoms with E-state index in [9.17, 15) is 13.2 Å². The van der Waals surface area contributed by atoms with Crippen LogP contribution in [0.15, 0.2) is 24.3 Å². The Kier molecular flexibility index (Phi) is 6.01. The van der Waals surface area contributed by atoms with E-state index in [2.05, 4.69) is 5.32 Å². The zero-order valence-electron chi connectivity index (χ0n) is 13.6. The molecule has 0 spiro atoms. The SMILES string of the molecule is COc1ccccc1CCNCC(=O)N(C)C1CCS(=O)(=O)C1. The van der Waals surface area contributed by atoms with E-state index in [0.717, 1.165) is 17.7 Å². The van der Waals surface area contributed by atoms with Crippen molar-refractivity contribution in [2.45, 2.75) is 18.9 Å². The second-order valence-electron chi connectivity index (χ2n) is 5.80. The third-order valence-corrected chi connectivity index (χ3v) is 5.94. The lowest BCUT2D eigenvalue weighted by molar-refractivity contribution is -0.130. The second-order valence-corrected chi connectivity index (χ2v) is 8.03. The maximum atomic E-state index is 12.1. The van der Waals surface area contributed by atoms with Gasteiger partial charge in [0, 0.05) is 13.1 Å². The third kappa shape index (κ3) is 4.94. The normalized spacial score (nSPS) is 19.5. The number of hydrogen-bond acceptors (Lipinski definition) is 5. The molecular formula is C16H24N2O4S. The molecule has 0 saturated carbocycles. The maximum Gasteiger partial charge on any atom is 0.236 e. The summed E-state index contributed by atoms with van der Waals surface area (Å²) in [7, 11) is 0.345. The van der Waals surface area contributed by atoms with Crippen LogP contribution >= 0.6 is 0 Å². The Balaban J connectivity index is 1.74. The molecular weight excluding hydrogens is 316 g/mol. The Labute approximate surface area is 137 Å². The van der Waals surface area contributed by atoms with Crippen LogP contribution in [0, 0.1) is 0 Å². The molecule has 1 aliphatic heterocycles. The van der Waals surface area contributed by atoms with Gasteiger partial charge in [-0.05, 0) is 31.0 Å². The Bertz CT molecular complexity index is 645. The van der Waals surface area contributed by atoms with Crippen molar-refractivity contribution in [3.8, 4) is 5.75 Å². The van der Waals surface area contributed by atoms with E-state index >= 15 is 0 Å². The molecule has 1 heterocycles. The van der Waals surface area contributed by atoms with Crippen molar-refractivity contribution in [2.24, 2.45) is 0 Å². The van der Waals surface area contributed by atoms with Crippen LogP contribution in [0.5, 0.6) is 5.75 Å². The lowest BCUT2D eigenvalue weighted by Crippen LogP contribution is -2.42. The molecule has 6 nitrogen and oxygen atoms in total. The summed E-state index contributed by atoms with van der Waals surface area (Å²) in [6.07, 6.45) is 1.30. The number of hydrogen-bond donors (Lipinski definition) is 1. The van der Waals surface area contributed by atoms with Crippen LogP contribution in [0.2, 0.25) is 0 Å². The molecule has 1 N–H and O–H groups in total. The minimum absolute atomic E-state index is 0.0767. The lowest BCUT2D eigenvalue weighted by atomic mass is 10.1. The van der Waals surface area contributed by atoms with E-state index in [0.29, 0.717) is 13.0 Å². The zero-order valence-corrected chi connectivity index (χ0v) is 14.4. The van der Waals surface area contributed by atoms with Crippen LogP contribution in [0.1, 0.15) is 12.0 Å². The average Bonchev–Trinajstić information content (AvgIpc) is 2.91. The van der Waals surface area contributed by atoms with Gasteiger partial charge in [0.15, 0.2) is 9.84 Å². The number of sulfone groups is 1. The standard InChI is InChI=1S/C16H24N2O4S/c1-18(14-8-10-23(20,21)12-14)16(19)11-17-9-7-13-5-3-4-6-15(13)22-2/h3-6,14,17H,7-12H2,1-2H3. The number of amides is 1. The van der Waals surface area contributed by atoms with Crippen molar-refractivity contribution >= 4 is 15.7 Å². The van der Waals surface area contributed by atoms with Gasteiger partial charge in [-0.1, -0.05) is 18.2 Å². The molecule has 7 heteroatoms. The number of methoxy groups -OCH3 is 1. The summed E-state index contributed by atoms with van der Waals surface area (Å²) in [6.45, 7) is 0.866. The van der Waals surface area contributed by atoms with Crippen LogP contribution in [0.25, 0.3) is 0 Å². The van der Waals surface area contributed by atoms with Gasteiger partial charge in [0.2, 0.25) is 5.91 Å². The van der Waals surface area contributed by atoms with Gasteiger partial charge in [0.25, 0.3) is 0 Å². The molecule has 1 aliphatic rings. The van der Waals surface area contributed by atoms with E-state index in [1.165, 1.54) is 0 Å². The highest BCUT2D eigenvalue weighted by Gasteiger charge is 2.32. The zero-order chi connectivity index (χ0) is 16.9. The molecule has 2 rings (SSSR count). The highest BCUT2D eigenvalue weighted by atomic mass is 32.2.